The van der Waals surface area contributed by atoms with Crippen LogP contribution in [0, 0.1) is 5.41 Å². The van der Waals surface area contributed by atoms with Gasteiger partial charge in [0.25, 0.3) is 5.56 Å². The van der Waals surface area contributed by atoms with Gasteiger partial charge in [0.1, 0.15) is 11.5 Å². The van der Waals surface area contributed by atoms with Gasteiger partial charge in [0, 0.05) is 32.1 Å². The van der Waals surface area contributed by atoms with Gasteiger partial charge in [-0.3, -0.25) is 14.4 Å². The molecule has 0 radical (unpaired) electrons. The molecule has 1 fully saturated rings. The van der Waals surface area contributed by atoms with Crippen molar-refractivity contribution < 1.29 is 19.5 Å². The monoisotopic (exact) mass is 517 g/mol. The van der Waals surface area contributed by atoms with Crippen LogP contribution >= 0.6 is 0 Å². The summed E-state index contributed by atoms with van der Waals surface area (Å²) in [6, 6.07) is 15.5. The topological polar surface area (TPSA) is 109 Å². The van der Waals surface area contributed by atoms with Crippen LogP contribution < -0.4 is 10.9 Å². The molecule has 0 spiro atoms. The molecule has 1 aliphatic rings. The molecular formula is C30H35N3O5. The van der Waals surface area contributed by atoms with Crippen molar-refractivity contribution in [2.75, 3.05) is 13.1 Å². The number of nitrogens with zero attached hydrogens (tertiary/aromatic N) is 2. The molecule has 0 bridgehead atoms. The molecule has 2 N–H and O–H groups in total. The molecule has 2 aromatic carbocycles. The number of aromatic nitrogens is 1. The summed E-state index contributed by atoms with van der Waals surface area (Å²) in [5.41, 5.74) is 1.42. The Labute approximate surface area is 222 Å². The van der Waals surface area contributed by atoms with Gasteiger partial charge in [0.05, 0.1) is 5.52 Å². The lowest BCUT2D eigenvalue weighted by atomic mass is 9.79. The molecule has 3 aromatic rings. The van der Waals surface area contributed by atoms with Crippen molar-refractivity contribution >= 4 is 28.7 Å². The fourth-order valence-corrected chi connectivity index (χ4v) is 5.38. The lowest BCUT2D eigenvalue weighted by Gasteiger charge is -2.34. The largest absolute Gasteiger partial charge is 0.480 e. The van der Waals surface area contributed by atoms with Gasteiger partial charge in [0.2, 0.25) is 11.8 Å². The van der Waals surface area contributed by atoms with Crippen LogP contribution in [0.25, 0.3) is 22.0 Å². The van der Waals surface area contributed by atoms with E-state index in [0.29, 0.717) is 37.1 Å². The molecule has 200 valence electrons. The number of aliphatic carboxylic acids is 1. The van der Waals surface area contributed by atoms with Crippen molar-refractivity contribution in [3.05, 3.63) is 70.5 Å². The van der Waals surface area contributed by atoms with Crippen molar-refractivity contribution in [1.82, 2.24) is 14.8 Å². The summed E-state index contributed by atoms with van der Waals surface area (Å²) in [4.78, 5) is 53.5. The number of hydrogen-bond acceptors (Lipinski definition) is 4. The van der Waals surface area contributed by atoms with E-state index in [0.717, 1.165) is 29.3 Å². The Bertz CT molecular complexity index is 1400. The van der Waals surface area contributed by atoms with Crippen LogP contribution in [-0.4, -0.2) is 51.5 Å². The van der Waals surface area contributed by atoms with Crippen LogP contribution in [-0.2, 0) is 27.9 Å². The Morgan fingerprint density at radius 2 is 1.63 bits per heavy atom. The normalized spacial score (nSPS) is 14.4. The average molecular weight is 518 g/mol. The van der Waals surface area contributed by atoms with Crippen LogP contribution in [0.2, 0.25) is 0 Å². The van der Waals surface area contributed by atoms with Gasteiger partial charge in [-0.2, -0.15) is 0 Å². The minimum absolute atomic E-state index is 0.0541. The van der Waals surface area contributed by atoms with E-state index < -0.39 is 23.3 Å². The standard InChI is InChI=1S/C30H35N3O5/c1-4-30(5-2,29(38)33-16-8-9-17-33)28(37)31-24(27(35)36)18-20-12-14-21(15-13-20)23-19-22-10-6-7-11-25(22)32(3)26(23)34/h6-7,10-15,19,24H,4-5,8-9,16-18H2,1-3H3,(H,31,37)(H,35,36)/t24-/m0/s1. The molecule has 0 unspecified atom stereocenters. The van der Waals surface area contributed by atoms with E-state index >= 15 is 0 Å². The summed E-state index contributed by atoms with van der Waals surface area (Å²) in [6.45, 7) is 4.84. The Hall–Kier alpha value is -3.94. The van der Waals surface area contributed by atoms with Crippen molar-refractivity contribution in [3.8, 4) is 11.1 Å². The number of amides is 2. The van der Waals surface area contributed by atoms with Crippen molar-refractivity contribution in [3.63, 3.8) is 0 Å². The van der Waals surface area contributed by atoms with E-state index in [1.165, 1.54) is 0 Å². The maximum Gasteiger partial charge on any atom is 0.326 e. The second kappa shape index (κ2) is 11.2. The number of pyridine rings is 1. The highest BCUT2D eigenvalue weighted by atomic mass is 16.4. The second-order valence-electron chi connectivity index (χ2n) is 10.0. The third-order valence-corrected chi connectivity index (χ3v) is 7.89. The molecule has 0 saturated carbocycles. The maximum absolute atomic E-state index is 13.4. The Balaban J connectivity index is 1.54. The first-order chi connectivity index (χ1) is 18.2. The van der Waals surface area contributed by atoms with Crippen molar-refractivity contribution in [2.24, 2.45) is 12.5 Å². The number of carboxylic acid groups (broad SMARTS) is 1. The molecule has 2 heterocycles. The van der Waals surface area contributed by atoms with Gasteiger partial charge in [0.15, 0.2) is 0 Å². The van der Waals surface area contributed by atoms with Gasteiger partial charge in [-0.05, 0) is 54.3 Å². The van der Waals surface area contributed by atoms with Gasteiger partial charge < -0.3 is 19.9 Å². The zero-order valence-corrected chi connectivity index (χ0v) is 22.2. The number of carbonyl (C=O) groups is 3. The third-order valence-electron chi connectivity index (χ3n) is 7.89. The highest BCUT2D eigenvalue weighted by Gasteiger charge is 2.46. The molecule has 1 aliphatic heterocycles. The van der Waals surface area contributed by atoms with Gasteiger partial charge >= 0.3 is 5.97 Å². The fourth-order valence-electron chi connectivity index (χ4n) is 5.38. The quantitative estimate of drug-likeness (QED) is 0.420. The Morgan fingerprint density at radius 3 is 2.24 bits per heavy atom. The first kappa shape index (κ1) is 27.1. The first-order valence-electron chi connectivity index (χ1n) is 13.2. The molecule has 4 rings (SSSR count). The smallest absolute Gasteiger partial charge is 0.326 e. The summed E-state index contributed by atoms with van der Waals surface area (Å²) in [5.74, 6) is -1.92. The van der Waals surface area contributed by atoms with E-state index in [-0.39, 0.29) is 17.9 Å². The number of benzene rings is 2. The van der Waals surface area contributed by atoms with Gasteiger partial charge in [-0.15, -0.1) is 0 Å². The molecule has 2 amide bonds. The summed E-state index contributed by atoms with van der Waals surface area (Å²) < 4.78 is 1.62. The second-order valence-corrected chi connectivity index (χ2v) is 10.0. The summed E-state index contributed by atoms with van der Waals surface area (Å²) in [5, 5.41) is 13.5. The number of rotatable bonds is 9. The zero-order valence-electron chi connectivity index (χ0n) is 22.2. The molecule has 0 aliphatic carbocycles. The van der Waals surface area contributed by atoms with Crippen LogP contribution in [0.5, 0.6) is 0 Å². The van der Waals surface area contributed by atoms with Crippen LogP contribution in [0.3, 0.4) is 0 Å². The van der Waals surface area contributed by atoms with Crippen molar-refractivity contribution in [2.45, 2.75) is 52.0 Å². The molecule has 1 aromatic heterocycles. The van der Waals surface area contributed by atoms with Gasteiger partial charge in [-0.25, -0.2) is 4.79 Å². The van der Waals surface area contributed by atoms with E-state index in [4.69, 9.17) is 0 Å². The van der Waals surface area contributed by atoms with Crippen LogP contribution in [0.4, 0.5) is 0 Å². The zero-order chi connectivity index (χ0) is 27.4. The molecule has 1 saturated heterocycles. The summed E-state index contributed by atoms with van der Waals surface area (Å²) >= 11 is 0. The molecule has 1 atom stereocenters. The molecule has 8 heteroatoms. The highest BCUT2D eigenvalue weighted by Crippen LogP contribution is 2.31. The number of para-hydroxylation sites is 1. The molecule has 8 nitrogen and oxygen atoms in total. The summed E-state index contributed by atoms with van der Waals surface area (Å²) in [7, 11) is 1.74. The van der Waals surface area contributed by atoms with Crippen LogP contribution in [0.1, 0.15) is 45.1 Å². The lowest BCUT2D eigenvalue weighted by Crippen LogP contribution is -2.55. The predicted octanol–water partition coefficient (Wildman–Crippen LogP) is 3.75. The minimum Gasteiger partial charge on any atom is -0.480 e. The predicted molar refractivity (Wildman–Crippen MR) is 147 cm³/mol. The SMILES string of the molecule is CCC(CC)(C(=O)N[C@@H](Cc1ccc(-c2cc3ccccc3n(C)c2=O)cc1)C(=O)O)C(=O)N1CCCC1. The number of fused-ring (bicyclic) bond motifs is 1. The molecule has 38 heavy (non-hydrogen) atoms. The number of hydrogen-bond donors (Lipinski definition) is 2. The Kier molecular flexibility index (Phi) is 7.99. The molecular weight excluding hydrogens is 482 g/mol. The van der Waals surface area contributed by atoms with Gasteiger partial charge in [-0.1, -0.05) is 56.3 Å². The van der Waals surface area contributed by atoms with E-state index in [1.807, 2.05) is 30.3 Å². The van der Waals surface area contributed by atoms with E-state index in [2.05, 4.69) is 5.32 Å². The van der Waals surface area contributed by atoms with Crippen molar-refractivity contribution in [1.29, 1.82) is 0 Å². The first-order valence-corrected chi connectivity index (χ1v) is 13.2. The number of aryl methyl sites for hydroxylation is 1. The maximum atomic E-state index is 13.4. The lowest BCUT2D eigenvalue weighted by molar-refractivity contribution is -0.153. The fraction of sp³-hybridized carbons (Fsp3) is 0.400. The highest BCUT2D eigenvalue weighted by molar-refractivity contribution is 6.06. The number of nitrogens with one attached hydrogen (secondary N) is 1. The summed E-state index contributed by atoms with van der Waals surface area (Å²) in [6.07, 6.45) is 2.48. The average Bonchev–Trinajstić information content (AvgIpc) is 3.47. The minimum atomic E-state index is -1.28. The number of likely N-dealkylation sites (tertiary alicyclic amines) is 1. The van der Waals surface area contributed by atoms with E-state index in [9.17, 15) is 24.3 Å². The van der Waals surface area contributed by atoms with Crippen LogP contribution in [0.15, 0.2) is 59.4 Å². The Morgan fingerprint density at radius 1 is 1.00 bits per heavy atom. The number of carbonyl (C=O) groups excluding carboxylic acids is 2. The van der Waals surface area contributed by atoms with E-state index in [1.54, 1.807) is 54.6 Å². The third kappa shape index (κ3) is 5.08. The number of carboxylic acids is 1.